The van der Waals surface area contributed by atoms with Crippen molar-refractivity contribution in [2.45, 2.75) is 45.6 Å². The molecule has 0 spiro atoms. The first kappa shape index (κ1) is 15.8. The van der Waals surface area contributed by atoms with Crippen molar-refractivity contribution in [3.63, 3.8) is 0 Å². The topological polar surface area (TPSA) is 65.4 Å². The average molecular weight is 267 g/mol. The predicted molar refractivity (Wildman–Crippen MR) is 73.6 cm³/mol. The molecule has 0 bridgehead atoms. The Hall–Kier alpha value is -1.28. The second kappa shape index (κ2) is 7.34. The fraction of sp³-hybridized carbons (Fsp3) is 0.857. The van der Waals surface area contributed by atoms with E-state index in [-0.39, 0.29) is 6.09 Å². The van der Waals surface area contributed by atoms with Gasteiger partial charge in [0.1, 0.15) is 5.60 Å². The smallest absolute Gasteiger partial charge is 0.410 e. The highest BCUT2D eigenvalue weighted by atomic mass is 16.6. The van der Waals surface area contributed by atoms with E-state index in [9.17, 15) is 4.79 Å². The summed E-state index contributed by atoms with van der Waals surface area (Å²) in [5, 5.41) is 11.7. The first-order valence-electron chi connectivity index (χ1n) is 6.98. The van der Waals surface area contributed by atoms with Crippen LogP contribution in [0.1, 0.15) is 40.0 Å². The van der Waals surface area contributed by atoms with E-state index < -0.39 is 5.60 Å². The molecule has 5 nitrogen and oxygen atoms in total. The van der Waals surface area contributed by atoms with Gasteiger partial charge in [0, 0.05) is 26.1 Å². The molecular formula is C14H25N3O2. The third-order valence-electron chi connectivity index (χ3n) is 3.11. The van der Waals surface area contributed by atoms with Crippen LogP contribution in [0.3, 0.4) is 0 Å². The molecule has 0 atom stereocenters. The van der Waals surface area contributed by atoms with Gasteiger partial charge in [0.2, 0.25) is 0 Å². The summed E-state index contributed by atoms with van der Waals surface area (Å²) in [4.78, 5) is 13.7. The molecule has 1 heterocycles. The zero-order valence-corrected chi connectivity index (χ0v) is 12.2. The number of nitriles is 1. The fourth-order valence-corrected chi connectivity index (χ4v) is 2.10. The number of carbonyl (C=O) groups excluding carboxylic acids is 1. The highest BCUT2D eigenvalue weighted by Crippen LogP contribution is 2.19. The molecule has 1 fully saturated rings. The Morgan fingerprint density at radius 2 is 2.05 bits per heavy atom. The van der Waals surface area contributed by atoms with E-state index in [2.05, 4.69) is 11.4 Å². The Bertz CT molecular complexity index is 323. The highest BCUT2D eigenvalue weighted by Gasteiger charge is 2.26. The van der Waals surface area contributed by atoms with Crippen LogP contribution >= 0.6 is 0 Å². The van der Waals surface area contributed by atoms with Gasteiger partial charge in [-0.25, -0.2) is 4.79 Å². The van der Waals surface area contributed by atoms with Crippen LogP contribution in [0.2, 0.25) is 0 Å². The van der Waals surface area contributed by atoms with Gasteiger partial charge >= 0.3 is 6.09 Å². The second-order valence-corrected chi connectivity index (χ2v) is 6.02. The van der Waals surface area contributed by atoms with E-state index in [0.29, 0.717) is 12.3 Å². The van der Waals surface area contributed by atoms with Gasteiger partial charge in [0.05, 0.1) is 6.07 Å². The monoisotopic (exact) mass is 267 g/mol. The summed E-state index contributed by atoms with van der Waals surface area (Å²) in [6, 6.07) is 2.12. The van der Waals surface area contributed by atoms with E-state index in [0.717, 1.165) is 39.0 Å². The zero-order valence-electron chi connectivity index (χ0n) is 12.2. The third-order valence-corrected chi connectivity index (χ3v) is 3.11. The third kappa shape index (κ3) is 6.44. The number of likely N-dealkylation sites (tertiary alicyclic amines) is 1. The largest absolute Gasteiger partial charge is 0.444 e. The second-order valence-electron chi connectivity index (χ2n) is 6.02. The van der Waals surface area contributed by atoms with Gasteiger partial charge in [-0.3, -0.25) is 0 Å². The standard InChI is InChI=1S/C14H25N3O2/c1-14(2,3)19-13(18)17-9-5-12(6-10-17)11-16-8-4-7-15/h12,16H,4-6,8-11H2,1-3H3. The summed E-state index contributed by atoms with van der Waals surface area (Å²) in [6.07, 6.45) is 2.34. The SMILES string of the molecule is CC(C)(C)OC(=O)N1CCC(CNCCC#N)CC1. The summed E-state index contributed by atoms with van der Waals surface area (Å²) in [5.74, 6) is 0.595. The van der Waals surface area contributed by atoms with Gasteiger partial charge in [-0.2, -0.15) is 5.26 Å². The van der Waals surface area contributed by atoms with Crippen LogP contribution in [-0.4, -0.2) is 42.8 Å². The average Bonchev–Trinajstić information content (AvgIpc) is 2.33. The normalized spacial score (nSPS) is 17.1. The number of nitrogens with zero attached hydrogens (tertiary/aromatic N) is 2. The van der Waals surface area contributed by atoms with Crippen molar-refractivity contribution in [3.05, 3.63) is 0 Å². The van der Waals surface area contributed by atoms with Crippen LogP contribution in [0.25, 0.3) is 0 Å². The van der Waals surface area contributed by atoms with Crippen molar-refractivity contribution < 1.29 is 9.53 Å². The Kier molecular flexibility index (Phi) is 6.10. The maximum absolute atomic E-state index is 11.9. The van der Waals surface area contributed by atoms with Crippen LogP contribution < -0.4 is 5.32 Å². The fourth-order valence-electron chi connectivity index (χ4n) is 2.10. The molecule has 1 rings (SSSR count). The van der Waals surface area contributed by atoms with Crippen molar-refractivity contribution in [2.75, 3.05) is 26.2 Å². The van der Waals surface area contributed by atoms with E-state index in [1.165, 1.54) is 0 Å². The Labute approximate surface area is 115 Å². The molecule has 19 heavy (non-hydrogen) atoms. The maximum atomic E-state index is 11.9. The van der Waals surface area contributed by atoms with Crippen molar-refractivity contribution >= 4 is 6.09 Å². The molecule has 1 amide bonds. The van der Waals surface area contributed by atoms with Gasteiger partial charge in [-0.1, -0.05) is 0 Å². The van der Waals surface area contributed by atoms with Crippen LogP contribution in [0.4, 0.5) is 4.79 Å². The highest BCUT2D eigenvalue weighted by molar-refractivity contribution is 5.68. The van der Waals surface area contributed by atoms with Crippen molar-refractivity contribution in [1.29, 1.82) is 5.26 Å². The summed E-state index contributed by atoms with van der Waals surface area (Å²) >= 11 is 0. The molecule has 0 radical (unpaired) electrons. The van der Waals surface area contributed by atoms with Gasteiger partial charge in [0.25, 0.3) is 0 Å². The Balaban J connectivity index is 2.22. The molecule has 0 saturated carbocycles. The lowest BCUT2D eigenvalue weighted by Crippen LogP contribution is -2.43. The van der Waals surface area contributed by atoms with Crippen molar-refractivity contribution in [2.24, 2.45) is 5.92 Å². The summed E-state index contributed by atoms with van der Waals surface area (Å²) in [7, 11) is 0. The minimum Gasteiger partial charge on any atom is -0.444 e. The van der Waals surface area contributed by atoms with Gasteiger partial charge in [-0.15, -0.1) is 0 Å². The summed E-state index contributed by atoms with van der Waals surface area (Å²) in [5.41, 5.74) is -0.424. The molecule has 1 saturated heterocycles. The van der Waals surface area contributed by atoms with Gasteiger partial charge in [-0.05, 0) is 46.1 Å². The quantitative estimate of drug-likeness (QED) is 0.793. The Morgan fingerprint density at radius 1 is 1.42 bits per heavy atom. The Morgan fingerprint density at radius 3 is 2.58 bits per heavy atom. The number of hydrogen-bond donors (Lipinski definition) is 1. The molecule has 1 aliphatic rings. The summed E-state index contributed by atoms with van der Waals surface area (Å²) in [6.45, 7) is 8.87. The number of piperidine rings is 1. The van der Waals surface area contributed by atoms with Crippen LogP contribution in [-0.2, 0) is 4.74 Å². The zero-order chi connectivity index (χ0) is 14.3. The molecule has 0 aromatic carbocycles. The number of amides is 1. The van der Waals surface area contributed by atoms with E-state index in [1.807, 2.05) is 20.8 Å². The first-order chi connectivity index (χ1) is 8.92. The van der Waals surface area contributed by atoms with Crippen LogP contribution in [0, 0.1) is 17.2 Å². The van der Waals surface area contributed by atoms with Crippen LogP contribution in [0.5, 0.6) is 0 Å². The lowest BCUT2D eigenvalue weighted by molar-refractivity contribution is 0.0184. The minimum atomic E-state index is -0.424. The molecule has 0 aromatic heterocycles. The maximum Gasteiger partial charge on any atom is 0.410 e. The van der Waals surface area contributed by atoms with Gasteiger partial charge in [0.15, 0.2) is 0 Å². The molecule has 0 aliphatic carbocycles. The molecule has 1 N–H and O–H groups in total. The lowest BCUT2D eigenvalue weighted by Gasteiger charge is -2.33. The number of ether oxygens (including phenoxy) is 1. The van der Waals surface area contributed by atoms with E-state index in [4.69, 9.17) is 10.00 Å². The lowest BCUT2D eigenvalue weighted by atomic mass is 9.97. The molecule has 0 aromatic rings. The molecule has 108 valence electrons. The molecule has 0 unspecified atom stereocenters. The molecule has 5 heteroatoms. The number of rotatable bonds is 4. The van der Waals surface area contributed by atoms with Crippen LogP contribution in [0.15, 0.2) is 0 Å². The number of carbonyl (C=O) groups is 1. The van der Waals surface area contributed by atoms with Gasteiger partial charge < -0.3 is 15.0 Å². The first-order valence-corrected chi connectivity index (χ1v) is 6.98. The number of nitrogens with one attached hydrogen (secondary N) is 1. The molecule has 1 aliphatic heterocycles. The van der Waals surface area contributed by atoms with Crippen molar-refractivity contribution in [3.8, 4) is 6.07 Å². The van der Waals surface area contributed by atoms with Crippen molar-refractivity contribution in [1.82, 2.24) is 10.2 Å². The molecular weight excluding hydrogens is 242 g/mol. The summed E-state index contributed by atoms with van der Waals surface area (Å²) < 4.78 is 5.36. The predicted octanol–water partition coefficient (Wildman–Crippen LogP) is 2.14. The number of hydrogen-bond acceptors (Lipinski definition) is 4. The van der Waals surface area contributed by atoms with E-state index in [1.54, 1.807) is 4.90 Å². The minimum absolute atomic E-state index is 0.205. The van der Waals surface area contributed by atoms with E-state index >= 15 is 0 Å².